The van der Waals surface area contributed by atoms with E-state index in [1.54, 1.807) is 24.3 Å². The van der Waals surface area contributed by atoms with E-state index in [9.17, 15) is 4.79 Å². The molecule has 0 aliphatic heterocycles. The SMILES string of the molecule is O=C(/C=C/c1ccc(Cl)c(Cl)c1)OCc1nnsc1Cl. The van der Waals surface area contributed by atoms with E-state index in [4.69, 9.17) is 39.5 Å². The van der Waals surface area contributed by atoms with Crippen molar-refractivity contribution in [3.63, 3.8) is 0 Å². The second-order valence-corrected chi connectivity index (χ2v) is 5.78. The number of nitrogens with zero attached hydrogens (tertiary/aromatic N) is 2. The lowest BCUT2D eigenvalue weighted by Gasteiger charge is -1.99. The number of carbonyl (C=O) groups excluding carboxylic acids is 1. The molecule has 0 aliphatic carbocycles. The highest BCUT2D eigenvalue weighted by Gasteiger charge is 2.07. The molecule has 0 aliphatic rings. The molecule has 0 radical (unpaired) electrons. The Bertz CT molecular complexity index is 658. The van der Waals surface area contributed by atoms with Crippen molar-refractivity contribution in [2.24, 2.45) is 0 Å². The van der Waals surface area contributed by atoms with Crippen molar-refractivity contribution < 1.29 is 9.53 Å². The first-order valence-electron chi connectivity index (χ1n) is 5.33. The van der Waals surface area contributed by atoms with E-state index in [1.165, 1.54) is 6.08 Å². The summed E-state index contributed by atoms with van der Waals surface area (Å²) in [6.45, 7) is -0.0140. The zero-order valence-electron chi connectivity index (χ0n) is 9.85. The van der Waals surface area contributed by atoms with Gasteiger partial charge in [0.25, 0.3) is 0 Å². The third kappa shape index (κ3) is 4.18. The normalized spacial score (nSPS) is 10.9. The minimum absolute atomic E-state index is 0.0140. The fraction of sp³-hybridized carbons (Fsp3) is 0.0833. The average molecular weight is 350 g/mol. The van der Waals surface area contributed by atoms with Crippen molar-refractivity contribution in [2.75, 3.05) is 0 Å². The van der Waals surface area contributed by atoms with E-state index in [1.807, 2.05) is 0 Å². The summed E-state index contributed by atoms with van der Waals surface area (Å²) in [4.78, 5) is 11.5. The maximum absolute atomic E-state index is 11.5. The highest BCUT2D eigenvalue weighted by Crippen LogP contribution is 2.23. The highest BCUT2D eigenvalue weighted by molar-refractivity contribution is 7.10. The van der Waals surface area contributed by atoms with E-state index in [0.717, 1.165) is 17.1 Å². The van der Waals surface area contributed by atoms with Gasteiger partial charge in [-0.25, -0.2) is 4.79 Å². The van der Waals surface area contributed by atoms with E-state index in [0.29, 0.717) is 20.1 Å². The van der Waals surface area contributed by atoms with Gasteiger partial charge in [-0.15, -0.1) is 5.10 Å². The summed E-state index contributed by atoms with van der Waals surface area (Å²) in [6.07, 6.45) is 2.86. The Morgan fingerprint density at radius 3 is 2.75 bits per heavy atom. The smallest absolute Gasteiger partial charge is 0.331 e. The molecule has 2 rings (SSSR count). The van der Waals surface area contributed by atoms with Crippen molar-refractivity contribution in [2.45, 2.75) is 6.61 Å². The summed E-state index contributed by atoms with van der Waals surface area (Å²) in [5.41, 5.74) is 1.18. The monoisotopic (exact) mass is 348 g/mol. The van der Waals surface area contributed by atoms with Gasteiger partial charge in [0.05, 0.1) is 10.0 Å². The van der Waals surface area contributed by atoms with Gasteiger partial charge in [-0.2, -0.15) is 0 Å². The third-order valence-electron chi connectivity index (χ3n) is 2.22. The molecule has 1 aromatic heterocycles. The van der Waals surface area contributed by atoms with Gasteiger partial charge in [0.15, 0.2) is 0 Å². The summed E-state index contributed by atoms with van der Waals surface area (Å²) < 4.78 is 9.02. The number of hydrogen-bond donors (Lipinski definition) is 0. The van der Waals surface area contributed by atoms with Gasteiger partial charge >= 0.3 is 5.97 Å². The Balaban J connectivity index is 1.92. The molecule has 20 heavy (non-hydrogen) atoms. The molecule has 4 nitrogen and oxygen atoms in total. The Hall–Kier alpha value is -1.14. The molecule has 0 bridgehead atoms. The number of rotatable bonds is 4. The first kappa shape index (κ1) is 15.3. The van der Waals surface area contributed by atoms with Gasteiger partial charge < -0.3 is 4.74 Å². The van der Waals surface area contributed by atoms with Crippen LogP contribution in [0.15, 0.2) is 24.3 Å². The van der Waals surface area contributed by atoms with Crippen LogP contribution in [0.4, 0.5) is 0 Å². The van der Waals surface area contributed by atoms with Crippen molar-refractivity contribution in [1.82, 2.24) is 9.59 Å². The van der Waals surface area contributed by atoms with Crippen LogP contribution >= 0.6 is 46.3 Å². The molecule has 0 saturated heterocycles. The highest BCUT2D eigenvalue weighted by atomic mass is 35.5. The number of hydrogen-bond acceptors (Lipinski definition) is 5. The molecular weight excluding hydrogens is 343 g/mol. The van der Waals surface area contributed by atoms with Crippen molar-refractivity contribution >= 4 is 58.4 Å². The van der Waals surface area contributed by atoms with Gasteiger partial charge in [-0.1, -0.05) is 45.4 Å². The van der Waals surface area contributed by atoms with E-state index < -0.39 is 5.97 Å². The van der Waals surface area contributed by atoms with E-state index >= 15 is 0 Å². The number of benzene rings is 1. The van der Waals surface area contributed by atoms with Crippen LogP contribution in [0, 0.1) is 0 Å². The average Bonchev–Trinajstić information content (AvgIpc) is 2.83. The first-order valence-corrected chi connectivity index (χ1v) is 7.23. The Morgan fingerprint density at radius 2 is 2.10 bits per heavy atom. The van der Waals surface area contributed by atoms with E-state index in [-0.39, 0.29) is 6.61 Å². The lowest BCUT2D eigenvalue weighted by molar-refractivity contribution is -0.139. The van der Waals surface area contributed by atoms with Crippen LogP contribution in [0.5, 0.6) is 0 Å². The predicted molar refractivity (Wildman–Crippen MR) is 80.2 cm³/mol. The number of ether oxygens (including phenoxy) is 1. The van der Waals surface area contributed by atoms with Crippen LogP contribution in [0.3, 0.4) is 0 Å². The molecule has 1 heterocycles. The Kier molecular flexibility index (Phi) is 5.37. The van der Waals surface area contributed by atoms with E-state index in [2.05, 4.69) is 9.59 Å². The summed E-state index contributed by atoms with van der Waals surface area (Å²) in [6, 6.07) is 5.03. The topological polar surface area (TPSA) is 52.1 Å². The zero-order valence-corrected chi connectivity index (χ0v) is 12.9. The van der Waals surface area contributed by atoms with Crippen LogP contribution in [0.1, 0.15) is 11.3 Å². The van der Waals surface area contributed by atoms with Gasteiger partial charge in [-0.3, -0.25) is 0 Å². The second kappa shape index (κ2) is 7.04. The Morgan fingerprint density at radius 1 is 1.30 bits per heavy atom. The van der Waals surface area contributed by atoms with Gasteiger partial charge in [-0.05, 0) is 23.8 Å². The van der Waals surface area contributed by atoms with Gasteiger partial charge in [0.2, 0.25) is 0 Å². The molecule has 0 fully saturated rings. The largest absolute Gasteiger partial charge is 0.456 e. The van der Waals surface area contributed by atoms with Crippen molar-refractivity contribution in [3.8, 4) is 0 Å². The van der Waals surface area contributed by atoms with Crippen LogP contribution in [0.25, 0.3) is 6.08 Å². The molecule has 0 amide bonds. The molecule has 0 atom stereocenters. The molecule has 2 aromatic rings. The molecule has 1 aromatic carbocycles. The number of esters is 1. The lowest BCUT2D eigenvalue weighted by atomic mass is 10.2. The number of carbonyl (C=O) groups is 1. The minimum atomic E-state index is -0.514. The molecular formula is C12H7Cl3N2O2S. The third-order valence-corrected chi connectivity index (χ3v) is 3.94. The Labute approximate surface area is 134 Å². The van der Waals surface area contributed by atoms with Crippen molar-refractivity contribution in [3.05, 3.63) is 49.9 Å². The number of halogens is 3. The summed E-state index contributed by atoms with van der Waals surface area (Å²) in [5.74, 6) is -0.514. The number of aromatic nitrogens is 2. The molecule has 8 heteroatoms. The molecule has 104 valence electrons. The quantitative estimate of drug-likeness (QED) is 0.611. The maximum atomic E-state index is 11.5. The first-order chi connectivity index (χ1) is 9.56. The fourth-order valence-electron chi connectivity index (χ4n) is 1.25. The van der Waals surface area contributed by atoms with Crippen LogP contribution in [0.2, 0.25) is 14.4 Å². The van der Waals surface area contributed by atoms with Crippen molar-refractivity contribution in [1.29, 1.82) is 0 Å². The minimum Gasteiger partial charge on any atom is -0.456 e. The van der Waals surface area contributed by atoms with Crippen LogP contribution in [-0.2, 0) is 16.1 Å². The fourth-order valence-corrected chi connectivity index (χ4v) is 2.16. The standard InChI is InChI=1S/C12H7Cl3N2O2S/c13-8-3-1-7(5-9(8)14)2-4-11(18)19-6-10-12(15)20-17-16-10/h1-5H,6H2/b4-2+. The lowest BCUT2D eigenvalue weighted by Crippen LogP contribution is -2.01. The maximum Gasteiger partial charge on any atom is 0.331 e. The van der Waals surface area contributed by atoms with Gasteiger partial charge in [0.1, 0.15) is 16.6 Å². The summed E-state index contributed by atoms with van der Waals surface area (Å²) >= 11 is 18.5. The predicted octanol–water partition coefficient (Wildman–Crippen LogP) is 4.25. The molecule has 0 unspecified atom stereocenters. The molecule has 0 spiro atoms. The molecule has 0 saturated carbocycles. The second-order valence-electron chi connectivity index (χ2n) is 3.61. The van der Waals surface area contributed by atoms with Crippen LogP contribution in [-0.4, -0.2) is 15.6 Å². The summed E-state index contributed by atoms with van der Waals surface area (Å²) in [7, 11) is 0. The molecule has 0 N–H and O–H groups in total. The zero-order chi connectivity index (χ0) is 14.5. The van der Waals surface area contributed by atoms with Crippen LogP contribution < -0.4 is 0 Å². The van der Waals surface area contributed by atoms with Gasteiger partial charge in [0, 0.05) is 17.6 Å². The summed E-state index contributed by atoms with van der Waals surface area (Å²) in [5, 5.41) is 4.61.